The van der Waals surface area contributed by atoms with Gasteiger partial charge in [0.15, 0.2) is 13.2 Å². The number of ether oxygens (including phenoxy) is 2. The summed E-state index contributed by atoms with van der Waals surface area (Å²) < 4.78 is 12.9. The first-order chi connectivity index (χ1) is 17.4. The number of amides is 2. The number of benzene rings is 2. The molecule has 0 saturated heterocycles. The smallest absolute Gasteiger partial charge is 0.257 e. The van der Waals surface area contributed by atoms with E-state index in [1.807, 2.05) is 36.4 Å². The van der Waals surface area contributed by atoms with Crippen LogP contribution in [0.3, 0.4) is 0 Å². The van der Waals surface area contributed by atoms with Gasteiger partial charge >= 0.3 is 0 Å². The fraction of sp³-hybridized carbons (Fsp3) is 0.500. The normalized spacial score (nSPS) is 10.7. The van der Waals surface area contributed by atoms with Gasteiger partial charge in [-0.2, -0.15) is 0 Å². The fourth-order valence-corrected chi connectivity index (χ4v) is 4.65. The number of nitrogens with one attached hydrogen (secondary N) is 2. The molecular weight excluding hydrogens is 588 g/mol. The van der Waals surface area contributed by atoms with Crippen molar-refractivity contribution >= 4 is 43.7 Å². The highest BCUT2D eigenvalue weighted by molar-refractivity contribution is 9.10. The third-order valence-electron chi connectivity index (χ3n) is 5.77. The predicted octanol–water partition coefficient (Wildman–Crippen LogP) is 6.37. The van der Waals surface area contributed by atoms with Crippen LogP contribution in [0.15, 0.2) is 45.3 Å². The van der Waals surface area contributed by atoms with Gasteiger partial charge in [0.25, 0.3) is 11.8 Å². The molecular formula is C28H38Br2N2O4. The highest BCUT2D eigenvalue weighted by atomic mass is 79.9. The molecule has 2 rings (SSSR count). The minimum absolute atomic E-state index is 0.0171. The Morgan fingerprint density at radius 2 is 1.06 bits per heavy atom. The number of carbonyl (C=O) groups is 2. The van der Waals surface area contributed by atoms with Crippen molar-refractivity contribution in [1.82, 2.24) is 10.6 Å². The van der Waals surface area contributed by atoms with Crippen molar-refractivity contribution in [3.8, 4) is 11.5 Å². The van der Waals surface area contributed by atoms with Gasteiger partial charge in [0.2, 0.25) is 0 Å². The molecule has 6 nitrogen and oxygen atoms in total. The second-order valence-electron chi connectivity index (χ2n) is 8.64. The lowest BCUT2D eigenvalue weighted by atomic mass is 10.1. The Bertz CT molecular complexity index is 891. The Hall–Kier alpha value is -2.06. The average Bonchev–Trinajstić information content (AvgIpc) is 2.88. The molecule has 0 aliphatic rings. The number of hydrogen-bond donors (Lipinski definition) is 2. The maximum absolute atomic E-state index is 12.0. The quantitative estimate of drug-likeness (QED) is 0.200. The van der Waals surface area contributed by atoms with Crippen molar-refractivity contribution in [2.24, 2.45) is 0 Å². The van der Waals surface area contributed by atoms with Crippen molar-refractivity contribution in [2.75, 3.05) is 26.3 Å². The first-order valence-corrected chi connectivity index (χ1v) is 14.4. The van der Waals surface area contributed by atoms with Crippen LogP contribution in [-0.2, 0) is 22.4 Å². The summed E-state index contributed by atoms with van der Waals surface area (Å²) >= 11 is 6.97. The lowest BCUT2D eigenvalue weighted by Gasteiger charge is -2.10. The summed E-state index contributed by atoms with van der Waals surface area (Å²) in [5.74, 6) is 1.15. The lowest BCUT2D eigenvalue weighted by molar-refractivity contribution is -0.123. The van der Waals surface area contributed by atoms with Crippen LogP contribution >= 0.6 is 31.9 Å². The molecule has 0 bridgehead atoms. The number of aryl methyl sites for hydroxylation is 2. The van der Waals surface area contributed by atoms with Gasteiger partial charge in [-0.15, -0.1) is 0 Å². The molecule has 2 aromatic carbocycles. The van der Waals surface area contributed by atoms with Crippen LogP contribution < -0.4 is 20.1 Å². The monoisotopic (exact) mass is 624 g/mol. The van der Waals surface area contributed by atoms with Gasteiger partial charge in [-0.25, -0.2) is 0 Å². The zero-order chi connectivity index (χ0) is 26.2. The largest absolute Gasteiger partial charge is 0.483 e. The van der Waals surface area contributed by atoms with E-state index in [9.17, 15) is 9.59 Å². The van der Waals surface area contributed by atoms with E-state index in [1.54, 1.807) is 0 Å². The molecule has 0 fully saturated rings. The zero-order valence-corrected chi connectivity index (χ0v) is 24.5. The molecule has 36 heavy (non-hydrogen) atoms. The Morgan fingerprint density at radius 3 is 1.42 bits per heavy atom. The number of carbonyl (C=O) groups excluding carboxylic acids is 2. The molecule has 0 atom stereocenters. The Morgan fingerprint density at radius 1 is 0.667 bits per heavy atom. The maximum Gasteiger partial charge on any atom is 0.257 e. The molecule has 198 valence electrons. The number of halogens is 2. The van der Waals surface area contributed by atoms with Crippen LogP contribution in [0, 0.1) is 0 Å². The van der Waals surface area contributed by atoms with Crippen LogP contribution in [0.1, 0.15) is 63.5 Å². The summed E-state index contributed by atoms with van der Waals surface area (Å²) in [6.07, 6.45) is 8.17. The molecule has 2 aromatic rings. The van der Waals surface area contributed by atoms with Crippen molar-refractivity contribution in [2.45, 2.75) is 65.2 Å². The van der Waals surface area contributed by atoms with Crippen LogP contribution in [0.25, 0.3) is 0 Å². The van der Waals surface area contributed by atoms with E-state index in [-0.39, 0.29) is 25.0 Å². The molecule has 0 radical (unpaired) electrons. The summed E-state index contributed by atoms with van der Waals surface area (Å²) in [7, 11) is 0. The number of unbranched alkanes of at least 4 members (excludes halogenated alkanes) is 5. The second kappa shape index (κ2) is 17.4. The van der Waals surface area contributed by atoms with E-state index < -0.39 is 0 Å². The number of hydrogen-bond acceptors (Lipinski definition) is 4. The van der Waals surface area contributed by atoms with E-state index in [1.165, 1.54) is 11.1 Å². The third kappa shape index (κ3) is 11.8. The summed E-state index contributed by atoms with van der Waals surface area (Å²) in [4.78, 5) is 24.0. The summed E-state index contributed by atoms with van der Waals surface area (Å²) in [6.45, 7) is 5.55. The van der Waals surface area contributed by atoms with Gasteiger partial charge in [0.1, 0.15) is 11.5 Å². The van der Waals surface area contributed by atoms with E-state index >= 15 is 0 Å². The summed E-state index contributed by atoms with van der Waals surface area (Å²) in [5, 5.41) is 5.82. The minimum Gasteiger partial charge on any atom is -0.483 e. The van der Waals surface area contributed by atoms with Crippen LogP contribution in [0.2, 0.25) is 0 Å². The Balaban J connectivity index is 1.42. The standard InChI is InChI=1S/C28H38Br2N2O4/c1-3-21-11-13-25(23(29)17-21)35-19-27(33)31-15-9-7-5-6-8-10-16-32-28(34)20-36-26-14-12-22(4-2)18-24(26)30/h11-14,17-18H,3-10,15-16,19-20H2,1-2H3,(H,31,33)(H,32,34). The molecule has 0 aliphatic carbocycles. The van der Waals surface area contributed by atoms with E-state index in [0.717, 1.165) is 60.3 Å². The van der Waals surface area contributed by atoms with Crippen molar-refractivity contribution in [3.63, 3.8) is 0 Å². The van der Waals surface area contributed by atoms with Gasteiger partial charge in [0.05, 0.1) is 8.95 Å². The average molecular weight is 626 g/mol. The van der Waals surface area contributed by atoms with Crippen molar-refractivity contribution < 1.29 is 19.1 Å². The van der Waals surface area contributed by atoms with Crippen molar-refractivity contribution in [1.29, 1.82) is 0 Å². The molecule has 0 heterocycles. The topological polar surface area (TPSA) is 76.7 Å². The van der Waals surface area contributed by atoms with Gasteiger partial charge in [-0.3, -0.25) is 9.59 Å². The minimum atomic E-state index is -0.105. The van der Waals surface area contributed by atoms with Crippen LogP contribution in [-0.4, -0.2) is 38.1 Å². The third-order valence-corrected chi connectivity index (χ3v) is 7.01. The SMILES string of the molecule is CCc1ccc(OCC(=O)NCCCCCCCCNC(=O)COc2ccc(CC)cc2Br)c(Br)c1. The van der Waals surface area contributed by atoms with Gasteiger partial charge in [-0.1, -0.05) is 51.7 Å². The lowest BCUT2D eigenvalue weighted by Crippen LogP contribution is -2.29. The highest BCUT2D eigenvalue weighted by Gasteiger charge is 2.07. The fourth-order valence-electron chi connectivity index (χ4n) is 3.56. The van der Waals surface area contributed by atoms with Crippen molar-refractivity contribution in [3.05, 3.63) is 56.5 Å². The Labute approximate surface area is 232 Å². The first-order valence-electron chi connectivity index (χ1n) is 12.8. The maximum atomic E-state index is 12.0. The molecule has 8 heteroatoms. The van der Waals surface area contributed by atoms with Crippen LogP contribution in [0.5, 0.6) is 11.5 Å². The van der Waals surface area contributed by atoms with Crippen LogP contribution in [0.4, 0.5) is 0 Å². The van der Waals surface area contributed by atoms with Gasteiger partial charge < -0.3 is 20.1 Å². The number of rotatable bonds is 17. The summed E-state index contributed by atoms with van der Waals surface area (Å²) in [5.41, 5.74) is 2.44. The van der Waals surface area contributed by atoms with E-state index in [2.05, 4.69) is 56.3 Å². The second-order valence-corrected chi connectivity index (χ2v) is 10.3. The zero-order valence-electron chi connectivity index (χ0n) is 21.3. The summed E-state index contributed by atoms with van der Waals surface area (Å²) in [6, 6.07) is 11.8. The van der Waals surface area contributed by atoms with E-state index in [0.29, 0.717) is 24.6 Å². The molecule has 0 saturated carbocycles. The molecule has 2 amide bonds. The molecule has 2 N–H and O–H groups in total. The van der Waals surface area contributed by atoms with Gasteiger partial charge in [-0.05, 0) is 92.9 Å². The predicted molar refractivity (Wildman–Crippen MR) is 152 cm³/mol. The molecule has 0 aromatic heterocycles. The Kier molecular flexibility index (Phi) is 14.6. The molecule has 0 aliphatic heterocycles. The molecule has 0 unspecified atom stereocenters. The van der Waals surface area contributed by atoms with E-state index in [4.69, 9.17) is 9.47 Å². The van der Waals surface area contributed by atoms with Gasteiger partial charge in [0, 0.05) is 13.1 Å². The highest BCUT2D eigenvalue weighted by Crippen LogP contribution is 2.27. The molecule has 0 spiro atoms. The first kappa shape index (κ1) is 30.2.